The van der Waals surface area contributed by atoms with Gasteiger partial charge in [-0.15, -0.1) is 0 Å². The number of hydrogen-bond donors (Lipinski definition) is 0. The Morgan fingerprint density at radius 3 is 2.71 bits per heavy atom. The molecule has 0 aromatic carbocycles. The molecule has 14 heavy (non-hydrogen) atoms. The van der Waals surface area contributed by atoms with Gasteiger partial charge in [-0.05, 0) is 27.9 Å². The van der Waals surface area contributed by atoms with Gasteiger partial charge in [0.2, 0.25) is 0 Å². The average molecular weight is 275 g/mol. The molecule has 0 aromatic rings. The van der Waals surface area contributed by atoms with E-state index < -0.39 is 17.6 Å². The fraction of sp³-hybridized carbons (Fsp3) is 0.286. The summed E-state index contributed by atoms with van der Waals surface area (Å²) in [7, 11) is 0.441. The first-order valence-electron chi connectivity index (χ1n) is 3.68. The number of halogens is 2. The van der Waals surface area contributed by atoms with Gasteiger partial charge >= 0.3 is 0 Å². The molecule has 7 heteroatoms. The smallest absolute Gasteiger partial charge is 0.283 e. The standard InChI is InChI=1S/C7H8Cl2O3S2/c1-2-12-7-5-13(14(9,10)11)4-3-6(7)8/h3-5H,2H2,1H3. The van der Waals surface area contributed by atoms with Gasteiger partial charge in [-0.25, -0.2) is 8.42 Å². The molecule has 0 N–H and O–H groups in total. The molecule has 0 spiro atoms. The lowest BCUT2D eigenvalue weighted by atomic mass is 10.4. The number of allylic oxidation sites excluding steroid dienone is 3. The van der Waals surface area contributed by atoms with Crippen LogP contribution in [0.1, 0.15) is 6.92 Å². The molecule has 3 nitrogen and oxygen atoms in total. The van der Waals surface area contributed by atoms with E-state index >= 15 is 0 Å². The van der Waals surface area contributed by atoms with Crippen molar-refractivity contribution in [2.24, 2.45) is 0 Å². The van der Waals surface area contributed by atoms with Gasteiger partial charge in [0.25, 0.3) is 8.08 Å². The summed E-state index contributed by atoms with van der Waals surface area (Å²) in [5, 5.41) is 3.23. The van der Waals surface area contributed by atoms with Gasteiger partial charge in [0.05, 0.1) is 11.6 Å². The van der Waals surface area contributed by atoms with Gasteiger partial charge in [0, 0.05) is 16.0 Å². The number of hydrogen-bond acceptors (Lipinski definition) is 3. The zero-order valence-corrected chi connectivity index (χ0v) is 10.4. The van der Waals surface area contributed by atoms with Crippen LogP contribution in [0.25, 0.3) is 0 Å². The molecule has 1 unspecified atom stereocenters. The van der Waals surface area contributed by atoms with Crippen molar-refractivity contribution in [2.45, 2.75) is 6.92 Å². The molecule has 1 atom stereocenters. The van der Waals surface area contributed by atoms with Gasteiger partial charge in [0.1, 0.15) is 5.76 Å². The van der Waals surface area contributed by atoms with Crippen LogP contribution in [0.4, 0.5) is 0 Å². The van der Waals surface area contributed by atoms with E-state index in [0.717, 1.165) is 0 Å². The maximum absolute atomic E-state index is 11.0. The van der Waals surface area contributed by atoms with Gasteiger partial charge in [-0.1, -0.05) is 11.6 Å². The minimum Gasteiger partial charge on any atom is -0.492 e. The fourth-order valence-electron chi connectivity index (χ4n) is 0.792. The molecule has 1 heterocycles. The van der Waals surface area contributed by atoms with Crippen molar-refractivity contribution in [1.82, 2.24) is 0 Å². The third-order valence-electron chi connectivity index (χ3n) is 1.34. The Morgan fingerprint density at radius 2 is 2.21 bits per heavy atom. The van der Waals surface area contributed by atoms with E-state index in [9.17, 15) is 8.42 Å². The van der Waals surface area contributed by atoms with Crippen LogP contribution in [0, 0.1) is 0 Å². The summed E-state index contributed by atoms with van der Waals surface area (Å²) in [5.41, 5.74) is 0. The van der Waals surface area contributed by atoms with Crippen LogP contribution in [0.15, 0.2) is 22.3 Å². The average Bonchev–Trinajstić information content (AvgIpc) is 2.07. The lowest BCUT2D eigenvalue weighted by Crippen LogP contribution is -1.99. The lowest BCUT2D eigenvalue weighted by Gasteiger charge is -2.10. The first-order chi connectivity index (χ1) is 6.45. The van der Waals surface area contributed by atoms with Crippen LogP contribution >= 0.6 is 31.8 Å². The van der Waals surface area contributed by atoms with E-state index in [0.29, 0.717) is 17.4 Å². The van der Waals surface area contributed by atoms with Crippen molar-refractivity contribution < 1.29 is 13.2 Å². The Balaban J connectivity index is 3.09. The molecule has 0 amide bonds. The van der Waals surface area contributed by atoms with Crippen molar-refractivity contribution in [3.63, 3.8) is 0 Å². The largest absolute Gasteiger partial charge is 0.492 e. The van der Waals surface area contributed by atoms with Crippen molar-refractivity contribution in [3.05, 3.63) is 22.3 Å². The lowest BCUT2D eigenvalue weighted by molar-refractivity contribution is 0.251. The van der Waals surface area contributed by atoms with Crippen LogP contribution in [-0.4, -0.2) is 20.4 Å². The second-order valence-corrected chi connectivity index (χ2v) is 8.88. The van der Waals surface area contributed by atoms with Gasteiger partial charge in [0.15, 0.2) is 0 Å². The quantitative estimate of drug-likeness (QED) is 0.451. The van der Waals surface area contributed by atoms with Crippen LogP contribution in [0.5, 0.6) is 0 Å². The Hall–Kier alpha value is 0.0300. The molecular formula is C7H8Cl2O3S2. The first-order valence-corrected chi connectivity index (χ1v) is 8.23. The van der Waals surface area contributed by atoms with Crippen LogP contribution in [0.2, 0.25) is 0 Å². The fourth-order valence-corrected chi connectivity index (χ4v) is 3.98. The van der Waals surface area contributed by atoms with Crippen LogP contribution in [0.3, 0.4) is 0 Å². The summed E-state index contributed by atoms with van der Waals surface area (Å²) in [4.78, 5) is 0. The summed E-state index contributed by atoms with van der Waals surface area (Å²) in [6.45, 7) is 2.21. The predicted octanol–water partition coefficient (Wildman–Crippen LogP) is 2.56. The van der Waals surface area contributed by atoms with E-state index in [1.165, 1.54) is 16.9 Å². The third kappa shape index (κ3) is 3.02. The molecule has 80 valence electrons. The van der Waals surface area contributed by atoms with Crippen molar-refractivity contribution in [3.8, 4) is 0 Å². The molecule has 0 saturated carbocycles. The third-order valence-corrected chi connectivity index (χ3v) is 6.27. The maximum Gasteiger partial charge on any atom is 0.283 e. The highest BCUT2D eigenvalue weighted by Gasteiger charge is 2.15. The number of rotatable bonds is 3. The molecule has 1 aliphatic rings. The molecular weight excluding hydrogens is 267 g/mol. The molecule has 1 aliphatic heterocycles. The SMILES string of the molecule is CCOC1=C(Cl)C=CS(S(=O)(=O)Cl)=C1. The van der Waals surface area contributed by atoms with E-state index in [2.05, 4.69) is 0 Å². The van der Waals surface area contributed by atoms with Crippen LogP contribution < -0.4 is 0 Å². The summed E-state index contributed by atoms with van der Waals surface area (Å²) < 4.78 is 27.2. The highest BCUT2D eigenvalue weighted by Crippen LogP contribution is 2.33. The second kappa shape index (κ2) is 4.70. The molecule has 0 saturated heterocycles. The van der Waals surface area contributed by atoms with E-state index in [-0.39, 0.29) is 0 Å². The highest BCUT2D eigenvalue weighted by atomic mass is 35.8. The van der Waals surface area contributed by atoms with Gasteiger partial charge < -0.3 is 4.74 Å². The van der Waals surface area contributed by atoms with E-state index in [1.807, 2.05) is 0 Å². The summed E-state index contributed by atoms with van der Waals surface area (Å²) >= 11 is 5.78. The van der Waals surface area contributed by atoms with Crippen molar-refractivity contribution in [1.29, 1.82) is 0 Å². The molecule has 0 aliphatic carbocycles. The Labute approximate surface area is 94.1 Å². The minimum atomic E-state index is -3.62. The topological polar surface area (TPSA) is 43.4 Å². The van der Waals surface area contributed by atoms with Gasteiger partial charge in [-0.2, -0.15) is 0 Å². The summed E-state index contributed by atoms with van der Waals surface area (Å²) in [6, 6.07) is 0. The second-order valence-electron chi connectivity index (χ2n) is 2.29. The molecule has 0 fully saturated rings. The maximum atomic E-state index is 11.0. The monoisotopic (exact) mass is 274 g/mol. The van der Waals surface area contributed by atoms with Crippen molar-refractivity contribution >= 4 is 45.2 Å². The highest BCUT2D eigenvalue weighted by molar-refractivity contribution is 8.87. The minimum absolute atomic E-state index is 0.365. The molecule has 0 radical (unpaired) electrons. The zero-order chi connectivity index (χ0) is 10.8. The summed E-state index contributed by atoms with van der Waals surface area (Å²) in [5.74, 6) is 0.365. The van der Waals surface area contributed by atoms with Crippen molar-refractivity contribution in [2.75, 3.05) is 6.61 Å². The Kier molecular flexibility index (Phi) is 4.06. The van der Waals surface area contributed by atoms with Gasteiger partial charge in [-0.3, -0.25) is 0 Å². The van der Waals surface area contributed by atoms with E-state index in [4.69, 9.17) is 27.0 Å². The molecule has 0 aromatic heterocycles. The normalized spacial score (nSPS) is 22.1. The Morgan fingerprint density at radius 1 is 1.57 bits per heavy atom. The molecule has 0 bridgehead atoms. The number of ether oxygens (including phenoxy) is 1. The summed E-state index contributed by atoms with van der Waals surface area (Å²) in [6.07, 6.45) is 1.48. The first kappa shape index (κ1) is 12.1. The van der Waals surface area contributed by atoms with E-state index in [1.54, 1.807) is 6.92 Å². The zero-order valence-electron chi connectivity index (χ0n) is 7.24. The van der Waals surface area contributed by atoms with Crippen LogP contribution in [-0.2, 0) is 12.8 Å². The molecule has 1 rings (SSSR count). The Bertz CT molecular complexity index is 420. The predicted molar refractivity (Wildman–Crippen MR) is 62.1 cm³/mol.